The molecule has 110 valence electrons. The molecule has 0 aromatic rings. The highest BCUT2D eigenvalue weighted by Crippen LogP contribution is 2.08. The number of hydrogen-bond acceptors (Lipinski definition) is 3. The highest BCUT2D eigenvalue weighted by atomic mass is 35.5. The second-order valence-electron chi connectivity index (χ2n) is 5.14. The fourth-order valence-corrected chi connectivity index (χ4v) is 2.44. The highest BCUT2D eigenvalue weighted by Gasteiger charge is 2.26. The molecule has 2 rings (SSSR count). The topological polar surface area (TPSA) is 64.7 Å². The number of piperidine rings is 1. The van der Waals surface area contributed by atoms with Crippen molar-refractivity contribution in [3.63, 3.8) is 0 Å². The number of nitrogens with zero attached hydrogens (tertiary/aromatic N) is 2. The van der Waals surface area contributed by atoms with Crippen molar-refractivity contribution >= 4 is 24.3 Å². The number of amides is 3. The van der Waals surface area contributed by atoms with Crippen molar-refractivity contribution in [3.8, 4) is 0 Å². The van der Waals surface area contributed by atoms with Gasteiger partial charge in [0.05, 0.1) is 0 Å². The molecule has 1 atom stereocenters. The molecule has 2 aliphatic rings. The van der Waals surface area contributed by atoms with Gasteiger partial charge in [0.1, 0.15) is 6.54 Å². The van der Waals surface area contributed by atoms with Crippen molar-refractivity contribution in [3.05, 3.63) is 0 Å². The van der Waals surface area contributed by atoms with Crippen LogP contribution in [0.15, 0.2) is 0 Å². The number of carbonyl (C=O) groups is 2. The smallest absolute Gasteiger partial charge is 0.320 e. The van der Waals surface area contributed by atoms with Gasteiger partial charge in [-0.15, -0.1) is 12.4 Å². The Kier molecular flexibility index (Phi) is 6.37. The first-order chi connectivity index (χ1) is 8.66. The number of carbonyl (C=O) groups excluding carboxylic acids is 2. The summed E-state index contributed by atoms with van der Waals surface area (Å²) in [5.74, 6) is 0.476. The van der Waals surface area contributed by atoms with Crippen LogP contribution in [0.2, 0.25) is 0 Å². The maximum absolute atomic E-state index is 11.7. The van der Waals surface area contributed by atoms with Gasteiger partial charge < -0.3 is 20.4 Å². The van der Waals surface area contributed by atoms with Crippen LogP contribution in [-0.4, -0.2) is 68.1 Å². The van der Waals surface area contributed by atoms with Crippen LogP contribution in [0.25, 0.3) is 0 Å². The summed E-state index contributed by atoms with van der Waals surface area (Å²) >= 11 is 0. The van der Waals surface area contributed by atoms with Gasteiger partial charge >= 0.3 is 6.03 Å². The molecule has 0 aromatic carbocycles. The molecule has 0 saturated carbocycles. The monoisotopic (exact) mass is 290 g/mol. The number of rotatable bonds is 4. The SMILES string of the molecule is CN1CCN(CC(=O)NCC2CCCNC2)C1=O.Cl. The van der Waals surface area contributed by atoms with E-state index in [4.69, 9.17) is 0 Å². The fourth-order valence-electron chi connectivity index (χ4n) is 2.44. The lowest BCUT2D eigenvalue weighted by atomic mass is 10.00. The number of urea groups is 1. The molecule has 19 heavy (non-hydrogen) atoms. The van der Waals surface area contributed by atoms with Gasteiger partial charge in [-0.2, -0.15) is 0 Å². The summed E-state index contributed by atoms with van der Waals surface area (Å²) in [5.41, 5.74) is 0. The van der Waals surface area contributed by atoms with Crippen LogP contribution in [0.5, 0.6) is 0 Å². The minimum Gasteiger partial charge on any atom is -0.354 e. The predicted octanol–water partition coefficient (Wildman–Crippen LogP) is -0.109. The van der Waals surface area contributed by atoms with Crippen molar-refractivity contribution in [1.29, 1.82) is 0 Å². The lowest BCUT2D eigenvalue weighted by Crippen LogP contribution is -2.43. The van der Waals surface area contributed by atoms with Crippen LogP contribution in [0.4, 0.5) is 4.79 Å². The van der Waals surface area contributed by atoms with E-state index in [1.165, 1.54) is 12.8 Å². The molecule has 0 aromatic heterocycles. The summed E-state index contributed by atoms with van der Waals surface area (Å²) in [6.45, 7) is 4.31. The van der Waals surface area contributed by atoms with E-state index in [0.29, 0.717) is 25.6 Å². The number of nitrogens with one attached hydrogen (secondary N) is 2. The lowest BCUT2D eigenvalue weighted by Gasteiger charge is -2.23. The lowest BCUT2D eigenvalue weighted by molar-refractivity contribution is -0.121. The molecule has 2 fully saturated rings. The first-order valence-electron chi connectivity index (χ1n) is 6.64. The highest BCUT2D eigenvalue weighted by molar-refractivity contribution is 5.85. The van der Waals surface area contributed by atoms with E-state index < -0.39 is 0 Å². The quantitative estimate of drug-likeness (QED) is 0.759. The van der Waals surface area contributed by atoms with Crippen molar-refractivity contribution in [2.45, 2.75) is 12.8 Å². The average molecular weight is 291 g/mol. The Morgan fingerprint density at radius 2 is 2.26 bits per heavy atom. The van der Waals surface area contributed by atoms with Crippen molar-refractivity contribution in [2.75, 3.05) is 46.3 Å². The zero-order valence-corrected chi connectivity index (χ0v) is 12.2. The van der Waals surface area contributed by atoms with Crippen LogP contribution < -0.4 is 10.6 Å². The van der Waals surface area contributed by atoms with Gasteiger partial charge in [-0.3, -0.25) is 4.79 Å². The summed E-state index contributed by atoms with van der Waals surface area (Å²) in [4.78, 5) is 26.6. The summed E-state index contributed by atoms with van der Waals surface area (Å²) in [6, 6.07) is -0.0514. The number of halogens is 1. The summed E-state index contributed by atoms with van der Waals surface area (Å²) in [6.07, 6.45) is 2.34. The minimum absolute atomic E-state index is 0. The van der Waals surface area contributed by atoms with Crippen LogP contribution >= 0.6 is 12.4 Å². The number of hydrogen-bond donors (Lipinski definition) is 2. The Balaban J connectivity index is 0.00000180. The second-order valence-corrected chi connectivity index (χ2v) is 5.14. The standard InChI is InChI=1S/C12H22N4O2.ClH/c1-15-5-6-16(12(15)18)9-11(17)14-8-10-3-2-4-13-7-10;/h10,13H,2-9H2,1H3,(H,14,17);1H. The zero-order chi connectivity index (χ0) is 13.0. The maximum atomic E-state index is 11.7. The van der Waals surface area contributed by atoms with E-state index in [2.05, 4.69) is 10.6 Å². The van der Waals surface area contributed by atoms with E-state index >= 15 is 0 Å². The van der Waals surface area contributed by atoms with Crippen molar-refractivity contribution in [2.24, 2.45) is 5.92 Å². The third-order valence-corrected chi connectivity index (χ3v) is 3.62. The zero-order valence-electron chi connectivity index (χ0n) is 11.4. The normalized spacial score (nSPS) is 23.2. The molecule has 1 unspecified atom stereocenters. The van der Waals surface area contributed by atoms with E-state index in [-0.39, 0.29) is 30.9 Å². The first-order valence-corrected chi connectivity index (χ1v) is 6.64. The summed E-state index contributed by atoms with van der Waals surface area (Å²) in [5, 5.41) is 6.25. The molecule has 6 nitrogen and oxygen atoms in total. The second kappa shape index (κ2) is 7.55. The number of likely N-dealkylation sites (N-methyl/N-ethyl adjacent to an activating group) is 1. The molecule has 3 amide bonds. The average Bonchev–Trinajstić information content (AvgIpc) is 2.70. The Labute approximate surface area is 120 Å². The fraction of sp³-hybridized carbons (Fsp3) is 0.833. The van der Waals surface area contributed by atoms with Gasteiger partial charge in [0.2, 0.25) is 5.91 Å². The summed E-state index contributed by atoms with van der Waals surface area (Å²) in [7, 11) is 1.76. The van der Waals surface area contributed by atoms with Gasteiger partial charge in [-0.25, -0.2) is 4.79 Å². The maximum Gasteiger partial charge on any atom is 0.320 e. The first kappa shape index (κ1) is 16.0. The van der Waals surface area contributed by atoms with Crippen molar-refractivity contribution in [1.82, 2.24) is 20.4 Å². The van der Waals surface area contributed by atoms with Gasteiger partial charge in [0.15, 0.2) is 0 Å². The van der Waals surface area contributed by atoms with E-state index in [1.807, 2.05) is 0 Å². The molecule has 2 N–H and O–H groups in total. The van der Waals surface area contributed by atoms with Crippen LogP contribution in [0, 0.1) is 5.92 Å². The molecular formula is C12H23ClN4O2. The Bertz CT molecular complexity index is 321. The van der Waals surface area contributed by atoms with Gasteiger partial charge in [-0.1, -0.05) is 0 Å². The molecule has 0 spiro atoms. The van der Waals surface area contributed by atoms with E-state index in [1.54, 1.807) is 16.8 Å². The molecule has 2 saturated heterocycles. The Morgan fingerprint density at radius 3 is 2.84 bits per heavy atom. The molecule has 0 aliphatic carbocycles. The molecule has 2 heterocycles. The van der Waals surface area contributed by atoms with E-state index in [0.717, 1.165) is 13.1 Å². The minimum atomic E-state index is -0.0516. The van der Waals surface area contributed by atoms with Gasteiger partial charge in [-0.05, 0) is 31.8 Å². The largest absolute Gasteiger partial charge is 0.354 e. The van der Waals surface area contributed by atoms with Crippen LogP contribution in [-0.2, 0) is 4.79 Å². The third-order valence-electron chi connectivity index (χ3n) is 3.62. The third kappa shape index (κ3) is 4.54. The van der Waals surface area contributed by atoms with Crippen molar-refractivity contribution < 1.29 is 9.59 Å². The molecular weight excluding hydrogens is 268 g/mol. The summed E-state index contributed by atoms with van der Waals surface area (Å²) < 4.78 is 0. The molecule has 0 bridgehead atoms. The van der Waals surface area contributed by atoms with Gasteiger partial charge in [0, 0.05) is 26.7 Å². The Hall–Kier alpha value is -1.01. The predicted molar refractivity (Wildman–Crippen MR) is 75.5 cm³/mol. The molecule has 7 heteroatoms. The van der Waals surface area contributed by atoms with Crippen LogP contribution in [0.3, 0.4) is 0 Å². The van der Waals surface area contributed by atoms with Gasteiger partial charge in [0.25, 0.3) is 0 Å². The Morgan fingerprint density at radius 1 is 1.47 bits per heavy atom. The molecule has 2 aliphatic heterocycles. The van der Waals surface area contributed by atoms with Crippen LogP contribution in [0.1, 0.15) is 12.8 Å². The van der Waals surface area contributed by atoms with E-state index in [9.17, 15) is 9.59 Å². The molecule has 0 radical (unpaired) electrons.